The van der Waals surface area contributed by atoms with Crippen LogP contribution >= 0.6 is 0 Å². The van der Waals surface area contributed by atoms with E-state index in [0.29, 0.717) is 19.3 Å². The van der Waals surface area contributed by atoms with Crippen molar-refractivity contribution < 1.29 is 28.6 Å². The molecule has 1 unspecified atom stereocenters. The largest absolute Gasteiger partial charge is 0.462 e. The molecule has 0 heterocycles. The lowest BCUT2D eigenvalue weighted by atomic mass is 10.0. The van der Waals surface area contributed by atoms with Crippen molar-refractivity contribution in [3.8, 4) is 0 Å². The Hall–Kier alpha value is -1.85. The summed E-state index contributed by atoms with van der Waals surface area (Å²) >= 11 is 0. The molecule has 0 rings (SSSR count). The van der Waals surface area contributed by atoms with Gasteiger partial charge in [0, 0.05) is 19.3 Å². The molecule has 6 heteroatoms. The highest BCUT2D eigenvalue weighted by Gasteiger charge is 2.19. The summed E-state index contributed by atoms with van der Waals surface area (Å²) in [5, 5.41) is 0. The summed E-state index contributed by atoms with van der Waals surface area (Å²) in [4.78, 5) is 38.3. The highest BCUT2D eigenvalue weighted by molar-refractivity contribution is 5.71. The summed E-state index contributed by atoms with van der Waals surface area (Å²) in [6, 6.07) is 0. The van der Waals surface area contributed by atoms with Gasteiger partial charge in [0.1, 0.15) is 13.2 Å². The normalized spacial score (nSPS) is 12.0. The van der Waals surface area contributed by atoms with E-state index in [-0.39, 0.29) is 31.1 Å². The SMILES string of the molecule is CCCCC/C=C\CCCCCCCC(=O)OCC(COC(=O)CCCCCCCCCCCCCCCCCCCCCCC)OC(=O)CCCCCCCCCCCCCCCCCCCCCC. The van der Waals surface area contributed by atoms with Gasteiger partial charge >= 0.3 is 17.9 Å². The Bertz CT molecular complexity index is 1100. The number of carbonyl (C=O) groups excluding carboxylic acids is 3. The van der Waals surface area contributed by atoms with Gasteiger partial charge in [-0.3, -0.25) is 14.4 Å². The monoisotopic (exact) mass is 1000 g/mol. The number of esters is 3. The molecule has 0 amide bonds. The second-order valence-electron chi connectivity index (χ2n) is 22.0. The third-order valence-electron chi connectivity index (χ3n) is 14.8. The topological polar surface area (TPSA) is 78.9 Å². The van der Waals surface area contributed by atoms with Crippen LogP contribution in [-0.4, -0.2) is 37.2 Å². The van der Waals surface area contributed by atoms with E-state index in [9.17, 15) is 14.4 Å². The van der Waals surface area contributed by atoms with Gasteiger partial charge in [-0.1, -0.05) is 315 Å². The van der Waals surface area contributed by atoms with Gasteiger partial charge in [0.2, 0.25) is 0 Å². The first kappa shape index (κ1) is 69.2. The van der Waals surface area contributed by atoms with Crippen molar-refractivity contribution in [3.05, 3.63) is 12.2 Å². The Balaban J connectivity index is 4.23. The second-order valence-corrected chi connectivity index (χ2v) is 22.0. The number of allylic oxidation sites excluding steroid dienone is 2. The fraction of sp³-hybridized carbons (Fsp3) is 0.923. The minimum Gasteiger partial charge on any atom is -0.462 e. The molecule has 0 aliphatic rings. The van der Waals surface area contributed by atoms with Crippen LogP contribution in [0.5, 0.6) is 0 Å². The average molecular weight is 1000 g/mol. The number of carbonyl (C=O) groups is 3. The van der Waals surface area contributed by atoms with E-state index in [1.54, 1.807) is 0 Å². The van der Waals surface area contributed by atoms with E-state index in [4.69, 9.17) is 14.2 Å². The Morgan fingerprint density at radius 3 is 0.732 bits per heavy atom. The Labute approximate surface area is 443 Å². The van der Waals surface area contributed by atoms with Crippen LogP contribution in [0.3, 0.4) is 0 Å². The summed E-state index contributed by atoms with van der Waals surface area (Å²) < 4.78 is 16.9. The second kappa shape index (κ2) is 60.7. The van der Waals surface area contributed by atoms with E-state index in [0.717, 1.165) is 64.2 Å². The predicted molar refractivity (Wildman–Crippen MR) is 307 cm³/mol. The lowest BCUT2D eigenvalue weighted by molar-refractivity contribution is -0.167. The van der Waals surface area contributed by atoms with Crippen molar-refractivity contribution in [2.45, 2.75) is 374 Å². The van der Waals surface area contributed by atoms with Crippen LogP contribution in [0, 0.1) is 0 Å². The fourth-order valence-corrected chi connectivity index (χ4v) is 9.91. The zero-order valence-electron chi connectivity index (χ0n) is 48.3. The number of ether oxygens (including phenoxy) is 3. The number of rotatable bonds is 60. The van der Waals surface area contributed by atoms with Crippen LogP contribution in [0.25, 0.3) is 0 Å². The highest BCUT2D eigenvalue weighted by atomic mass is 16.6. The number of hydrogen-bond acceptors (Lipinski definition) is 6. The van der Waals surface area contributed by atoms with Crippen molar-refractivity contribution in [2.75, 3.05) is 13.2 Å². The molecule has 0 N–H and O–H groups in total. The molecule has 0 saturated heterocycles. The van der Waals surface area contributed by atoms with Crippen molar-refractivity contribution >= 4 is 17.9 Å². The van der Waals surface area contributed by atoms with Crippen molar-refractivity contribution in [2.24, 2.45) is 0 Å². The van der Waals surface area contributed by atoms with Gasteiger partial charge in [-0.05, 0) is 44.9 Å². The first-order valence-electron chi connectivity index (χ1n) is 32.2. The quantitative estimate of drug-likeness (QED) is 0.0261. The third kappa shape index (κ3) is 58.9. The Morgan fingerprint density at radius 1 is 0.268 bits per heavy atom. The summed E-state index contributed by atoms with van der Waals surface area (Å²) in [5.74, 6) is -0.845. The van der Waals surface area contributed by atoms with Gasteiger partial charge in [0.25, 0.3) is 0 Å². The predicted octanol–water partition coefficient (Wildman–Crippen LogP) is 21.7. The van der Waals surface area contributed by atoms with Gasteiger partial charge < -0.3 is 14.2 Å². The maximum absolute atomic E-state index is 12.9. The zero-order chi connectivity index (χ0) is 51.4. The molecule has 0 spiro atoms. The van der Waals surface area contributed by atoms with E-state index in [1.165, 1.54) is 263 Å². The summed E-state index contributed by atoms with van der Waals surface area (Å²) in [5.41, 5.74) is 0. The smallest absolute Gasteiger partial charge is 0.306 e. The molecule has 0 saturated carbocycles. The third-order valence-corrected chi connectivity index (χ3v) is 14.8. The molecule has 71 heavy (non-hydrogen) atoms. The summed E-state index contributed by atoms with van der Waals surface area (Å²) in [6.45, 7) is 6.69. The van der Waals surface area contributed by atoms with Gasteiger partial charge in [0.15, 0.2) is 6.10 Å². The van der Waals surface area contributed by atoms with E-state index in [1.807, 2.05) is 0 Å². The number of unbranched alkanes of at least 4 members (excludes halogenated alkanes) is 47. The molecule has 0 radical (unpaired) electrons. The molecule has 0 aromatic rings. The van der Waals surface area contributed by atoms with E-state index < -0.39 is 6.10 Å². The maximum atomic E-state index is 12.9. The van der Waals surface area contributed by atoms with Gasteiger partial charge in [-0.15, -0.1) is 0 Å². The molecular weight excluding hydrogens is 877 g/mol. The first-order chi connectivity index (χ1) is 35.0. The maximum Gasteiger partial charge on any atom is 0.306 e. The summed E-state index contributed by atoms with van der Waals surface area (Å²) in [7, 11) is 0. The minimum atomic E-state index is -0.768. The Kier molecular flexibility index (Phi) is 59.1. The molecule has 0 aromatic heterocycles. The van der Waals surface area contributed by atoms with E-state index >= 15 is 0 Å². The zero-order valence-corrected chi connectivity index (χ0v) is 48.3. The molecule has 0 aromatic carbocycles. The standard InChI is InChI=1S/C65H124O6/c1-4-7-10-13-16-19-22-25-27-29-31-33-35-36-38-40-43-46-49-52-55-58-64(67)70-61-62(60-69-63(66)57-54-51-48-45-42-24-21-18-15-12-9-6-3)71-65(68)59-56-53-50-47-44-41-39-37-34-32-30-28-26-23-20-17-14-11-8-5-2/h18,21,62H,4-17,19-20,22-61H2,1-3H3/b21-18-. The molecule has 0 aliphatic carbocycles. The highest BCUT2D eigenvalue weighted by Crippen LogP contribution is 2.18. The molecule has 0 aliphatic heterocycles. The van der Waals surface area contributed by atoms with Gasteiger partial charge in [-0.25, -0.2) is 0 Å². The molecular formula is C65H124O6. The molecule has 0 bridgehead atoms. The van der Waals surface area contributed by atoms with Crippen molar-refractivity contribution in [1.29, 1.82) is 0 Å². The molecule has 6 nitrogen and oxygen atoms in total. The van der Waals surface area contributed by atoms with Gasteiger partial charge in [-0.2, -0.15) is 0 Å². The van der Waals surface area contributed by atoms with Crippen LogP contribution in [0.1, 0.15) is 367 Å². The van der Waals surface area contributed by atoms with E-state index in [2.05, 4.69) is 32.9 Å². The fourth-order valence-electron chi connectivity index (χ4n) is 9.91. The first-order valence-corrected chi connectivity index (χ1v) is 32.2. The molecule has 1 atom stereocenters. The van der Waals surface area contributed by atoms with Crippen molar-refractivity contribution in [3.63, 3.8) is 0 Å². The number of hydrogen-bond donors (Lipinski definition) is 0. The average Bonchev–Trinajstić information content (AvgIpc) is 3.37. The molecule has 0 fully saturated rings. The van der Waals surface area contributed by atoms with Crippen LogP contribution in [0.4, 0.5) is 0 Å². The van der Waals surface area contributed by atoms with Gasteiger partial charge in [0.05, 0.1) is 0 Å². The lowest BCUT2D eigenvalue weighted by Crippen LogP contribution is -2.30. The minimum absolute atomic E-state index is 0.0661. The Morgan fingerprint density at radius 2 is 0.465 bits per heavy atom. The lowest BCUT2D eigenvalue weighted by Gasteiger charge is -2.18. The van der Waals surface area contributed by atoms with Crippen LogP contribution in [0.15, 0.2) is 12.2 Å². The summed E-state index contributed by atoms with van der Waals surface area (Å²) in [6.07, 6.45) is 70.8. The van der Waals surface area contributed by atoms with Crippen LogP contribution in [-0.2, 0) is 28.6 Å². The van der Waals surface area contributed by atoms with Crippen LogP contribution < -0.4 is 0 Å². The van der Waals surface area contributed by atoms with Crippen molar-refractivity contribution in [1.82, 2.24) is 0 Å². The van der Waals surface area contributed by atoms with Crippen LogP contribution in [0.2, 0.25) is 0 Å². The molecule has 420 valence electrons.